The van der Waals surface area contributed by atoms with Crippen LogP contribution in [0, 0.1) is 17.5 Å². The molecule has 0 bridgehead atoms. The zero-order chi connectivity index (χ0) is 13.4. The number of fused-ring (bicyclic) bond motifs is 1. The van der Waals surface area contributed by atoms with Crippen LogP contribution in [0.15, 0.2) is 18.5 Å². The smallest absolute Gasteiger partial charge is 0.194 e. The summed E-state index contributed by atoms with van der Waals surface area (Å²) in [5, 5.41) is 3.15. The van der Waals surface area contributed by atoms with Gasteiger partial charge in [-0.1, -0.05) is 0 Å². The molecular formula is C13H10F3N3. The minimum absolute atomic E-state index is 0.221. The number of nitrogens with zero attached hydrogens (tertiary/aromatic N) is 2. The molecule has 2 heterocycles. The molecule has 6 heteroatoms. The number of aromatic nitrogens is 2. The number of halogens is 3. The van der Waals surface area contributed by atoms with Crippen LogP contribution in [0.1, 0.15) is 11.3 Å². The van der Waals surface area contributed by atoms with E-state index in [1.807, 2.05) is 0 Å². The molecule has 3 rings (SSSR count). The van der Waals surface area contributed by atoms with Gasteiger partial charge in [0.1, 0.15) is 6.33 Å². The molecule has 0 saturated carbocycles. The summed E-state index contributed by atoms with van der Waals surface area (Å²) in [7, 11) is 0. The van der Waals surface area contributed by atoms with Gasteiger partial charge < -0.3 is 5.32 Å². The summed E-state index contributed by atoms with van der Waals surface area (Å²) >= 11 is 0. The molecule has 0 aliphatic carbocycles. The van der Waals surface area contributed by atoms with Crippen molar-refractivity contribution in [1.82, 2.24) is 15.3 Å². The molecule has 0 amide bonds. The van der Waals surface area contributed by atoms with Crippen molar-refractivity contribution in [2.75, 3.05) is 6.54 Å². The van der Waals surface area contributed by atoms with Crippen molar-refractivity contribution in [1.29, 1.82) is 0 Å². The summed E-state index contributed by atoms with van der Waals surface area (Å²) in [6.45, 7) is 1.34. The fourth-order valence-corrected chi connectivity index (χ4v) is 2.21. The molecule has 1 aliphatic rings. The highest BCUT2D eigenvalue weighted by Crippen LogP contribution is 2.27. The van der Waals surface area contributed by atoms with E-state index >= 15 is 0 Å². The standard InChI is InChI=1S/C13H10F3N3/c14-9-3-7(4-10(15)12(9)16)13-8-5-17-2-1-11(8)18-6-19-13/h3-4,6,17H,1-2,5H2. The predicted octanol–water partition coefficient (Wildman–Crippen LogP) is 2.21. The van der Waals surface area contributed by atoms with E-state index in [1.54, 1.807) is 0 Å². The van der Waals surface area contributed by atoms with Crippen LogP contribution < -0.4 is 5.32 Å². The molecule has 98 valence electrons. The number of hydrogen-bond donors (Lipinski definition) is 1. The fourth-order valence-electron chi connectivity index (χ4n) is 2.21. The van der Waals surface area contributed by atoms with E-state index in [2.05, 4.69) is 15.3 Å². The first kappa shape index (κ1) is 12.1. The lowest BCUT2D eigenvalue weighted by molar-refractivity contribution is 0.447. The molecule has 0 atom stereocenters. The normalized spacial score (nSPS) is 14.3. The Bertz CT molecular complexity index is 620. The molecule has 2 aromatic rings. The van der Waals surface area contributed by atoms with E-state index in [4.69, 9.17) is 0 Å². The molecular weight excluding hydrogens is 255 g/mol. The van der Waals surface area contributed by atoms with E-state index in [0.717, 1.165) is 36.4 Å². The Labute approximate surface area is 107 Å². The maximum absolute atomic E-state index is 13.3. The second-order valence-electron chi connectivity index (χ2n) is 4.33. The van der Waals surface area contributed by atoms with Gasteiger partial charge in [0, 0.05) is 30.6 Å². The van der Waals surface area contributed by atoms with Crippen LogP contribution in [0.25, 0.3) is 11.3 Å². The average molecular weight is 265 g/mol. The number of hydrogen-bond acceptors (Lipinski definition) is 3. The van der Waals surface area contributed by atoms with Crippen LogP contribution in [0.5, 0.6) is 0 Å². The van der Waals surface area contributed by atoms with Crippen LogP contribution >= 0.6 is 0 Å². The molecule has 0 unspecified atom stereocenters. The number of nitrogens with one attached hydrogen (secondary N) is 1. The summed E-state index contributed by atoms with van der Waals surface area (Å²) in [5.74, 6) is -3.90. The van der Waals surface area contributed by atoms with Crippen molar-refractivity contribution < 1.29 is 13.2 Å². The van der Waals surface area contributed by atoms with Gasteiger partial charge in [-0.3, -0.25) is 0 Å². The molecule has 3 nitrogen and oxygen atoms in total. The quantitative estimate of drug-likeness (QED) is 0.803. The van der Waals surface area contributed by atoms with Crippen LogP contribution in [0.3, 0.4) is 0 Å². The van der Waals surface area contributed by atoms with Crippen molar-refractivity contribution in [3.05, 3.63) is 47.2 Å². The third-order valence-corrected chi connectivity index (χ3v) is 3.13. The first-order valence-corrected chi connectivity index (χ1v) is 5.85. The van der Waals surface area contributed by atoms with Gasteiger partial charge in [-0.05, 0) is 12.1 Å². The van der Waals surface area contributed by atoms with Crippen molar-refractivity contribution in [2.45, 2.75) is 13.0 Å². The molecule has 1 aliphatic heterocycles. The lowest BCUT2D eigenvalue weighted by Crippen LogP contribution is -2.25. The second-order valence-corrected chi connectivity index (χ2v) is 4.33. The van der Waals surface area contributed by atoms with Gasteiger partial charge in [0.15, 0.2) is 17.5 Å². The van der Waals surface area contributed by atoms with Gasteiger partial charge in [-0.2, -0.15) is 0 Å². The Balaban J connectivity index is 2.17. The highest BCUT2D eigenvalue weighted by atomic mass is 19.2. The monoisotopic (exact) mass is 265 g/mol. The Morgan fingerprint density at radius 3 is 2.53 bits per heavy atom. The summed E-state index contributed by atoms with van der Waals surface area (Å²) in [5.41, 5.74) is 2.32. The van der Waals surface area contributed by atoms with E-state index < -0.39 is 17.5 Å². The first-order chi connectivity index (χ1) is 9.16. The van der Waals surface area contributed by atoms with Gasteiger partial charge in [0.25, 0.3) is 0 Å². The van der Waals surface area contributed by atoms with Gasteiger partial charge in [0.2, 0.25) is 0 Å². The summed E-state index contributed by atoms with van der Waals surface area (Å²) in [6.07, 6.45) is 2.09. The highest BCUT2D eigenvalue weighted by molar-refractivity contribution is 5.64. The SMILES string of the molecule is Fc1cc(-c2ncnc3c2CNCC3)cc(F)c1F. The first-order valence-electron chi connectivity index (χ1n) is 5.85. The van der Waals surface area contributed by atoms with Crippen LogP contribution in [-0.2, 0) is 13.0 Å². The minimum Gasteiger partial charge on any atom is -0.312 e. The highest BCUT2D eigenvalue weighted by Gasteiger charge is 2.19. The second kappa shape index (κ2) is 4.62. The van der Waals surface area contributed by atoms with Gasteiger partial charge in [-0.15, -0.1) is 0 Å². The van der Waals surface area contributed by atoms with E-state index in [1.165, 1.54) is 6.33 Å². The third-order valence-electron chi connectivity index (χ3n) is 3.13. The molecule has 0 spiro atoms. The van der Waals surface area contributed by atoms with Crippen LogP contribution in [0.4, 0.5) is 13.2 Å². The van der Waals surface area contributed by atoms with Crippen molar-refractivity contribution in [2.24, 2.45) is 0 Å². The lowest BCUT2D eigenvalue weighted by atomic mass is 10.0. The topological polar surface area (TPSA) is 37.8 Å². The van der Waals surface area contributed by atoms with Crippen molar-refractivity contribution >= 4 is 0 Å². The zero-order valence-corrected chi connectivity index (χ0v) is 9.88. The molecule has 1 N–H and O–H groups in total. The predicted molar refractivity (Wildman–Crippen MR) is 62.8 cm³/mol. The Morgan fingerprint density at radius 2 is 1.79 bits per heavy atom. The van der Waals surface area contributed by atoms with Crippen LogP contribution in [0.2, 0.25) is 0 Å². The molecule has 1 aromatic heterocycles. The molecule has 0 saturated heterocycles. The Hall–Kier alpha value is -1.95. The van der Waals surface area contributed by atoms with Crippen molar-refractivity contribution in [3.63, 3.8) is 0 Å². The maximum Gasteiger partial charge on any atom is 0.194 e. The number of benzene rings is 1. The maximum atomic E-state index is 13.3. The number of rotatable bonds is 1. The third kappa shape index (κ3) is 2.08. The largest absolute Gasteiger partial charge is 0.312 e. The lowest BCUT2D eigenvalue weighted by Gasteiger charge is -2.18. The van der Waals surface area contributed by atoms with E-state index in [-0.39, 0.29) is 5.56 Å². The van der Waals surface area contributed by atoms with Crippen molar-refractivity contribution in [3.8, 4) is 11.3 Å². The Morgan fingerprint density at radius 1 is 1.05 bits per heavy atom. The van der Waals surface area contributed by atoms with Gasteiger partial charge in [-0.25, -0.2) is 23.1 Å². The van der Waals surface area contributed by atoms with Gasteiger partial charge >= 0.3 is 0 Å². The molecule has 0 fully saturated rings. The average Bonchev–Trinajstić information content (AvgIpc) is 2.43. The van der Waals surface area contributed by atoms with Gasteiger partial charge in [0.05, 0.1) is 11.4 Å². The van der Waals surface area contributed by atoms with E-state index in [0.29, 0.717) is 12.2 Å². The molecule has 19 heavy (non-hydrogen) atoms. The fraction of sp³-hybridized carbons (Fsp3) is 0.231. The van der Waals surface area contributed by atoms with Crippen LogP contribution in [-0.4, -0.2) is 16.5 Å². The summed E-state index contributed by atoms with van der Waals surface area (Å²) < 4.78 is 39.5. The summed E-state index contributed by atoms with van der Waals surface area (Å²) in [4.78, 5) is 8.22. The molecule has 0 radical (unpaired) electrons. The zero-order valence-electron chi connectivity index (χ0n) is 9.88. The summed E-state index contributed by atoms with van der Waals surface area (Å²) in [6, 6.07) is 1.91. The van der Waals surface area contributed by atoms with E-state index in [9.17, 15) is 13.2 Å². The Kier molecular flexibility index (Phi) is 2.94. The minimum atomic E-state index is -1.47. The molecule has 1 aromatic carbocycles.